The maximum atomic E-state index is 12.5. The van der Waals surface area contributed by atoms with Crippen molar-refractivity contribution in [1.29, 1.82) is 0 Å². The highest BCUT2D eigenvalue weighted by Gasteiger charge is 2.34. The number of hydrogen-bond donors (Lipinski definition) is 1. The minimum Gasteiger partial charge on any atom is -0.372 e. The van der Waals surface area contributed by atoms with E-state index in [-0.39, 0.29) is 22.9 Å². The van der Waals surface area contributed by atoms with Gasteiger partial charge in [0.25, 0.3) is 0 Å². The SMILES string of the molecule is CC[S@](=O)[C@@H]1CCC[C@H](NC(=O)N2CCO[C@@](C)(CC)C2)C1. The van der Waals surface area contributed by atoms with Crippen LogP contribution in [0.4, 0.5) is 4.79 Å². The summed E-state index contributed by atoms with van der Waals surface area (Å²) in [7, 11) is -0.752. The molecule has 1 aliphatic carbocycles. The Hall–Kier alpha value is -0.620. The van der Waals surface area contributed by atoms with Crippen LogP contribution in [0, 0.1) is 0 Å². The third kappa shape index (κ3) is 4.44. The van der Waals surface area contributed by atoms with Crippen LogP contribution < -0.4 is 5.32 Å². The molecule has 4 atom stereocenters. The number of urea groups is 1. The van der Waals surface area contributed by atoms with Gasteiger partial charge in [0.15, 0.2) is 0 Å². The minimum absolute atomic E-state index is 0.0101. The van der Waals surface area contributed by atoms with Gasteiger partial charge in [0.2, 0.25) is 0 Å². The summed E-state index contributed by atoms with van der Waals surface area (Å²) in [4.78, 5) is 14.4. The van der Waals surface area contributed by atoms with Crippen LogP contribution in [0.25, 0.3) is 0 Å². The quantitative estimate of drug-likeness (QED) is 0.860. The van der Waals surface area contributed by atoms with Gasteiger partial charge in [-0.3, -0.25) is 4.21 Å². The summed E-state index contributed by atoms with van der Waals surface area (Å²) < 4.78 is 17.8. The van der Waals surface area contributed by atoms with Crippen LogP contribution in [-0.2, 0) is 15.5 Å². The second-order valence-electron chi connectivity index (χ2n) is 6.68. The molecule has 22 heavy (non-hydrogen) atoms. The van der Waals surface area contributed by atoms with Crippen molar-refractivity contribution in [2.75, 3.05) is 25.4 Å². The summed E-state index contributed by atoms with van der Waals surface area (Å²) in [6, 6.07) is 0.174. The predicted octanol–water partition coefficient (Wildman–Crippen LogP) is 2.28. The number of hydrogen-bond acceptors (Lipinski definition) is 3. The molecule has 2 aliphatic rings. The first-order valence-corrected chi connectivity index (χ1v) is 9.92. The molecule has 0 spiro atoms. The van der Waals surface area contributed by atoms with E-state index < -0.39 is 10.8 Å². The normalized spacial score (nSPS) is 34.2. The van der Waals surface area contributed by atoms with Crippen LogP contribution in [0.2, 0.25) is 0 Å². The molecule has 5 nitrogen and oxygen atoms in total. The Morgan fingerprint density at radius 1 is 1.41 bits per heavy atom. The fraction of sp³-hybridized carbons (Fsp3) is 0.938. The van der Waals surface area contributed by atoms with E-state index in [1.165, 1.54) is 0 Å². The Morgan fingerprint density at radius 2 is 2.18 bits per heavy atom. The maximum absolute atomic E-state index is 12.5. The Labute approximate surface area is 136 Å². The van der Waals surface area contributed by atoms with Crippen LogP contribution in [0.1, 0.15) is 52.9 Å². The van der Waals surface area contributed by atoms with Gasteiger partial charge >= 0.3 is 6.03 Å². The Kier molecular flexibility index (Phi) is 6.26. The van der Waals surface area contributed by atoms with Crippen LogP contribution >= 0.6 is 0 Å². The van der Waals surface area contributed by atoms with Gasteiger partial charge in [-0.15, -0.1) is 0 Å². The van der Waals surface area contributed by atoms with E-state index in [2.05, 4.69) is 19.2 Å². The Morgan fingerprint density at radius 3 is 2.86 bits per heavy atom. The molecule has 1 heterocycles. The molecule has 1 aliphatic heterocycles. The lowest BCUT2D eigenvalue weighted by molar-refractivity contribution is -0.0875. The van der Waals surface area contributed by atoms with Crippen LogP contribution in [-0.4, -0.2) is 57.5 Å². The number of amides is 2. The van der Waals surface area contributed by atoms with Gasteiger partial charge in [-0.2, -0.15) is 0 Å². The molecule has 0 radical (unpaired) electrons. The molecule has 0 aromatic carbocycles. The number of carbonyl (C=O) groups excluding carboxylic acids is 1. The largest absolute Gasteiger partial charge is 0.372 e. The highest BCUT2D eigenvalue weighted by molar-refractivity contribution is 7.85. The molecule has 128 valence electrons. The number of rotatable bonds is 4. The summed E-state index contributed by atoms with van der Waals surface area (Å²) in [6.07, 6.45) is 4.83. The fourth-order valence-electron chi connectivity index (χ4n) is 3.33. The van der Waals surface area contributed by atoms with Crippen molar-refractivity contribution >= 4 is 16.8 Å². The van der Waals surface area contributed by atoms with E-state index in [1.807, 2.05) is 11.8 Å². The lowest BCUT2D eigenvalue weighted by Gasteiger charge is -2.41. The van der Waals surface area contributed by atoms with Crippen molar-refractivity contribution in [3.8, 4) is 0 Å². The zero-order chi connectivity index (χ0) is 16.2. The summed E-state index contributed by atoms with van der Waals surface area (Å²) in [5, 5.41) is 3.40. The molecule has 2 rings (SSSR count). The van der Waals surface area contributed by atoms with Gasteiger partial charge in [-0.25, -0.2) is 4.79 Å². The van der Waals surface area contributed by atoms with Gasteiger partial charge in [-0.1, -0.05) is 20.3 Å². The molecule has 0 unspecified atom stereocenters. The topological polar surface area (TPSA) is 58.6 Å². The highest BCUT2D eigenvalue weighted by Crippen LogP contribution is 2.24. The predicted molar refractivity (Wildman–Crippen MR) is 89.5 cm³/mol. The van der Waals surface area contributed by atoms with E-state index in [4.69, 9.17) is 4.74 Å². The number of ether oxygens (including phenoxy) is 1. The first kappa shape index (κ1) is 17.7. The first-order chi connectivity index (χ1) is 10.5. The zero-order valence-corrected chi connectivity index (χ0v) is 14.9. The standard InChI is InChI=1S/C16H30N2O3S/c1-4-16(3)12-18(9-10-21-16)15(19)17-13-7-6-8-14(11-13)22(20)5-2/h13-14H,4-12H2,1-3H3,(H,17,19)/t13-,14+,16-,22-/m0/s1. The first-order valence-electron chi connectivity index (χ1n) is 8.54. The van der Waals surface area contributed by atoms with Crippen LogP contribution in [0.15, 0.2) is 0 Å². The molecular weight excluding hydrogens is 300 g/mol. The lowest BCUT2D eigenvalue weighted by Crippen LogP contribution is -2.56. The smallest absolute Gasteiger partial charge is 0.317 e. The fourth-order valence-corrected chi connectivity index (χ4v) is 4.68. The van der Waals surface area contributed by atoms with E-state index >= 15 is 0 Å². The molecule has 2 fully saturated rings. The van der Waals surface area contributed by atoms with Gasteiger partial charge in [-0.05, 0) is 32.6 Å². The van der Waals surface area contributed by atoms with E-state index in [9.17, 15) is 9.00 Å². The van der Waals surface area contributed by atoms with Crippen LogP contribution in [0.5, 0.6) is 0 Å². The van der Waals surface area contributed by atoms with E-state index in [0.717, 1.165) is 32.1 Å². The molecule has 0 aromatic heterocycles. The zero-order valence-electron chi connectivity index (χ0n) is 14.1. The molecule has 0 bridgehead atoms. The average molecular weight is 330 g/mol. The summed E-state index contributed by atoms with van der Waals surface area (Å²) in [5.41, 5.74) is -0.228. The molecule has 6 heteroatoms. The Balaban J connectivity index is 1.87. The third-order valence-electron chi connectivity index (χ3n) is 4.98. The van der Waals surface area contributed by atoms with Crippen molar-refractivity contribution in [2.45, 2.75) is 69.8 Å². The molecule has 2 amide bonds. The maximum Gasteiger partial charge on any atom is 0.317 e. The monoisotopic (exact) mass is 330 g/mol. The average Bonchev–Trinajstić information content (AvgIpc) is 2.54. The number of nitrogens with zero attached hydrogens (tertiary/aromatic N) is 1. The molecular formula is C16H30N2O3S. The number of morpholine rings is 1. The van der Waals surface area contributed by atoms with Gasteiger partial charge in [0, 0.05) is 34.4 Å². The van der Waals surface area contributed by atoms with Gasteiger partial charge in [0.05, 0.1) is 18.8 Å². The number of carbonyl (C=O) groups is 1. The highest BCUT2D eigenvalue weighted by atomic mass is 32.2. The molecule has 1 saturated carbocycles. The van der Waals surface area contributed by atoms with Crippen molar-refractivity contribution < 1.29 is 13.7 Å². The summed E-state index contributed by atoms with van der Waals surface area (Å²) >= 11 is 0. The summed E-state index contributed by atoms with van der Waals surface area (Å²) in [6.45, 7) is 8.02. The lowest BCUT2D eigenvalue weighted by atomic mass is 9.95. The van der Waals surface area contributed by atoms with Crippen molar-refractivity contribution in [3.05, 3.63) is 0 Å². The molecule has 0 aromatic rings. The second kappa shape index (κ2) is 7.77. The summed E-state index contributed by atoms with van der Waals surface area (Å²) in [5.74, 6) is 0.712. The minimum atomic E-state index is -0.752. The molecule has 1 N–H and O–H groups in total. The second-order valence-corrected chi connectivity index (χ2v) is 8.68. The van der Waals surface area contributed by atoms with Crippen molar-refractivity contribution in [2.24, 2.45) is 0 Å². The van der Waals surface area contributed by atoms with Gasteiger partial charge in [0.1, 0.15) is 0 Å². The third-order valence-corrected chi connectivity index (χ3v) is 6.72. The Bertz CT molecular complexity index is 418. The van der Waals surface area contributed by atoms with Crippen molar-refractivity contribution in [1.82, 2.24) is 10.2 Å². The van der Waals surface area contributed by atoms with Crippen LogP contribution in [0.3, 0.4) is 0 Å². The van der Waals surface area contributed by atoms with Gasteiger partial charge < -0.3 is 15.0 Å². The van der Waals surface area contributed by atoms with E-state index in [0.29, 0.717) is 25.4 Å². The molecule has 1 saturated heterocycles. The van der Waals surface area contributed by atoms with Crippen molar-refractivity contribution in [3.63, 3.8) is 0 Å². The van der Waals surface area contributed by atoms with E-state index in [1.54, 1.807) is 0 Å². The number of nitrogens with one attached hydrogen (secondary N) is 1.